The van der Waals surface area contributed by atoms with E-state index in [1.54, 1.807) is 32.1 Å². The summed E-state index contributed by atoms with van der Waals surface area (Å²) < 4.78 is 37.1. The fourth-order valence-electron chi connectivity index (χ4n) is 3.47. The van der Waals surface area contributed by atoms with Crippen LogP contribution in [0.1, 0.15) is 36.1 Å². The van der Waals surface area contributed by atoms with Crippen molar-refractivity contribution in [2.45, 2.75) is 39.2 Å². The van der Waals surface area contributed by atoms with Gasteiger partial charge in [-0.2, -0.15) is 4.31 Å². The lowest BCUT2D eigenvalue weighted by Crippen LogP contribution is -2.30. The van der Waals surface area contributed by atoms with Crippen molar-refractivity contribution in [3.05, 3.63) is 81.2 Å². The molecule has 0 aliphatic heterocycles. The average Bonchev–Trinajstić information content (AvgIpc) is 2.79. The molecule has 174 valence electrons. The Labute approximate surface area is 193 Å². The second-order valence-electron chi connectivity index (χ2n) is 7.57. The summed E-state index contributed by atoms with van der Waals surface area (Å²) in [6.45, 7) is 8.09. The third-order valence-electron chi connectivity index (χ3n) is 5.52. The van der Waals surface area contributed by atoms with E-state index in [0.717, 1.165) is 16.5 Å². The van der Waals surface area contributed by atoms with Crippen LogP contribution >= 0.6 is 0 Å². The van der Waals surface area contributed by atoms with Crippen LogP contribution in [0.2, 0.25) is 0 Å². The molecule has 1 heterocycles. The van der Waals surface area contributed by atoms with E-state index >= 15 is 0 Å². The van der Waals surface area contributed by atoms with Gasteiger partial charge in [0.15, 0.2) is 0 Å². The number of benzene rings is 2. The summed E-state index contributed by atoms with van der Waals surface area (Å²) in [7, 11) is -3.53. The number of ether oxygens (including phenoxy) is 1. The molecule has 0 bridgehead atoms. The monoisotopic (exact) mass is 469 g/mol. The number of hydrogen-bond donors (Lipinski definition) is 0. The molecule has 0 saturated heterocycles. The van der Waals surface area contributed by atoms with Crippen LogP contribution < -0.4 is 5.63 Å². The largest absolute Gasteiger partial charge is 0.458 e. The number of esters is 1. The molecular formula is C25H27NO6S. The minimum absolute atomic E-state index is 0.0746. The quantitative estimate of drug-likeness (QED) is 0.279. The maximum atomic E-state index is 12.6. The number of sulfonamides is 1. The number of carbonyl (C=O) groups excluding carboxylic acids is 1. The van der Waals surface area contributed by atoms with E-state index in [-0.39, 0.29) is 11.5 Å². The van der Waals surface area contributed by atoms with Crippen molar-refractivity contribution >= 4 is 33.0 Å². The SMILES string of the molecule is CCN(CC)S(=O)(=O)c1ccc(C=CC(=O)OCc2cc(=O)oc3c(C)c(C)ccc23)cc1. The topological polar surface area (TPSA) is 93.9 Å². The van der Waals surface area contributed by atoms with Gasteiger partial charge < -0.3 is 9.15 Å². The first-order chi connectivity index (χ1) is 15.7. The van der Waals surface area contributed by atoms with Crippen molar-refractivity contribution in [3.8, 4) is 0 Å². The van der Waals surface area contributed by atoms with Crippen LogP contribution in [-0.2, 0) is 26.2 Å². The molecule has 0 aliphatic carbocycles. The zero-order chi connectivity index (χ0) is 24.2. The summed E-state index contributed by atoms with van der Waals surface area (Å²) in [6.07, 6.45) is 2.80. The van der Waals surface area contributed by atoms with Crippen LogP contribution in [-0.4, -0.2) is 31.8 Å². The number of carbonyl (C=O) groups is 1. The van der Waals surface area contributed by atoms with Crippen LogP contribution in [0, 0.1) is 13.8 Å². The zero-order valence-corrected chi connectivity index (χ0v) is 19.9. The first-order valence-corrected chi connectivity index (χ1v) is 12.1. The van der Waals surface area contributed by atoms with Crippen molar-refractivity contribution in [3.63, 3.8) is 0 Å². The van der Waals surface area contributed by atoms with Gasteiger partial charge in [0.25, 0.3) is 0 Å². The van der Waals surface area contributed by atoms with Crippen molar-refractivity contribution in [1.29, 1.82) is 0 Å². The second-order valence-corrected chi connectivity index (χ2v) is 9.51. The van der Waals surface area contributed by atoms with Gasteiger partial charge in [0.1, 0.15) is 12.2 Å². The van der Waals surface area contributed by atoms with Gasteiger partial charge in [-0.1, -0.05) is 38.1 Å². The van der Waals surface area contributed by atoms with Crippen molar-refractivity contribution in [2.24, 2.45) is 0 Å². The molecule has 0 saturated carbocycles. The molecule has 0 aliphatic rings. The predicted molar refractivity (Wildman–Crippen MR) is 127 cm³/mol. The van der Waals surface area contributed by atoms with E-state index in [4.69, 9.17) is 9.15 Å². The van der Waals surface area contributed by atoms with Crippen LogP contribution in [0.3, 0.4) is 0 Å². The van der Waals surface area contributed by atoms with Gasteiger partial charge in [0.2, 0.25) is 10.0 Å². The Kier molecular flexibility index (Phi) is 7.50. The molecular weight excluding hydrogens is 442 g/mol. The highest BCUT2D eigenvalue weighted by Crippen LogP contribution is 2.24. The zero-order valence-electron chi connectivity index (χ0n) is 19.1. The lowest BCUT2D eigenvalue weighted by molar-refractivity contribution is -0.138. The Hall–Kier alpha value is -3.23. The van der Waals surface area contributed by atoms with E-state index in [1.807, 2.05) is 26.0 Å². The van der Waals surface area contributed by atoms with Crippen molar-refractivity contribution < 1.29 is 22.4 Å². The van der Waals surface area contributed by atoms with Crippen LogP contribution in [0.5, 0.6) is 0 Å². The Morgan fingerprint density at radius 2 is 1.73 bits per heavy atom. The highest BCUT2D eigenvalue weighted by Gasteiger charge is 2.21. The molecule has 3 rings (SSSR count). The van der Waals surface area contributed by atoms with Crippen LogP contribution in [0.15, 0.2) is 62.6 Å². The van der Waals surface area contributed by atoms with Gasteiger partial charge in [-0.3, -0.25) is 0 Å². The van der Waals surface area contributed by atoms with E-state index in [1.165, 1.54) is 28.6 Å². The Morgan fingerprint density at radius 3 is 2.36 bits per heavy atom. The minimum atomic E-state index is -3.53. The minimum Gasteiger partial charge on any atom is -0.458 e. The molecule has 1 aromatic heterocycles. The lowest BCUT2D eigenvalue weighted by Gasteiger charge is -2.18. The van der Waals surface area contributed by atoms with E-state index in [0.29, 0.717) is 29.8 Å². The third-order valence-corrected chi connectivity index (χ3v) is 7.59. The second kappa shape index (κ2) is 10.1. The van der Waals surface area contributed by atoms with Crippen molar-refractivity contribution in [1.82, 2.24) is 4.31 Å². The first-order valence-electron chi connectivity index (χ1n) is 10.6. The Morgan fingerprint density at radius 1 is 1.06 bits per heavy atom. The number of fused-ring (bicyclic) bond motifs is 1. The number of nitrogens with zero attached hydrogens (tertiary/aromatic N) is 1. The summed E-state index contributed by atoms with van der Waals surface area (Å²) in [5.41, 5.74) is 3.07. The van der Waals surface area contributed by atoms with E-state index < -0.39 is 21.6 Å². The number of hydrogen-bond acceptors (Lipinski definition) is 6. The smallest absolute Gasteiger partial charge is 0.336 e. The molecule has 0 fully saturated rings. The molecule has 0 unspecified atom stereocenters. The molecule has 0 amide bonds. The standard InChI is InChI=1S/C25H27NO6S/c1-5-26(6-2)33(29,30)21-11-8-19(9-12-21)10-14-23(27)31-16-20-15-24(28)32-25-18(4)17(3)7-13-22(20)25/h7-15H,5-6,16H2,1-4H3. The van der Waals surface area contributed by atoms with Gasteiger partial charge in [-0.25, -0.2) is 18.0 Å². The predicted octanol–water partition coefficient (Wildman–Crippen LogP) is 4.20. The highest BCUT2D eigenvalue weighted by molar-refractivity contribution is 7.89. The van der Waals surface area contributed by atoms with Gasteiger partial charge in [0.05, 0.1) is 4.90 Å². The molecule has 0 radical (unpaired) electrons. The molecule has 2 aromatic carbocycles. The summed E-state index contributed by atoms with van der Waals surface area (Å²) in [6, 6.07) is 11.4. The summed E-state index contributed by atoms with van der Waals surface area (Å²) >= 11 is 0. The molecule has 0 spiro atoms. The van der Waals surface area contributed by atoms with E-state index in [9.17, 15) is 18.0 Å². The average molecular weight is 470 g/mol. The maximum absolute atomic E-state index is 12.6. The van der Waals surface area contributed by atoms with Crippen LogP contribution in [0.25, 0.3) is 17.0 Å². The van der Waals surface area contributed by atoms with Gasteiger partial charge >= 0.3 is 11.6 Å². The third kappa shape index (κ3) is 5.40. The fraction of sp³-hybridized carbons (Fsp3) is 0.280. The summed E-state index contributed by atoms with van der Waals surface area (Å²) in [5, 5.41) is 0.722. The highest BCUT2D eigenvalue weighted by atomic mass is 32.2. The van der Waals surface area contributed by atoms with Gasteiger partial charge in [0, 0.05) is 36.2 Å². The number of aryl methyl sites for hydroxylation is 2. The molecule has 8 heteroatoms. The van der Waals surface area contributed by atoms with E-state index in [2.05, 4.69) is 0 Å². The normalized spacial score (nSPS) is 12.0. The maximum Gasteiger partial charge on any atom is 0.336 e. The van der Waals surface area contributed by atoms with Gasteiger partial charge in [-0.15, -0.1) is 0 Å². The van der Waals surface area contributed by atoms with Gasteiger partial charge in [-0.05, 0) is 48.7 Å². The van der Waals surface area contributed by atoms with Crippen molar-refractivity contribution in [2.75, 3.05) is 13.1 Å². The first kappa shape index (κ1) is 24.4. The Balaban J connectivity index is 1.70. The Bertz CT molecular complexity index is 1350. The molecule has 0 atom stereocenters. The molecule has 3 aromatic rings. The molecule has 33 heavy (non-hydrogen) atoms. The summed E-state index contributed by atoms with van der Waals surface area (Å²) in [4.78, 5) is 24.3. The lowest BCUT2D eigenvalue weighted by atomic mass is 10.0. The fourth-order valence-corrected chi connectivity index (χ4v) is 4.93. The molecule has 0 N–H and O–H groups in total. The number of rotatable bonds is 8. The van der Waals surface area contributed by atoms with Crippen LogP contribution in [0.4, 0.5) is 0 Å². The summed E-state index contributed by atoms with van der Waals surface area (Å²) in [5.74, 6) is -0.583. The molecule has 7 nitrogen and oxygen atoms in total.